The number of aliphatic hydroxyl groups excluding tert-OH is 2. The van der Waals surface area contributed by atoms with Crippen LogP contribution < -0.4 is 4.74 Å². The van der Waals surface area contributed by atoms with Gasteiger partial charge in [0.2, 0.25) is 0 Å². The van der Waals surface area contributed by atoms with Crippen molar-refractivity contribution in [3.8, 4) is 5.75 Å². The summed E-state index contributed by atoms with van der Waals surface area (Å²) in [7, 11) is 0. The van der Waals surface area contributed by atoms with E-state index >= 15 is 0 Å². The lowest BCUT2D eigenvalue weighted by Crippen LogP contribution is -2.55. The van der Waals surface area contributed by atoms with Gasteiger partial charge in [-0.05, 0) is 43.5 Å². The predicted molar refractivity (Wildman–Crippen MR) is 106 cm³/mol. The number of carbonyl (C=O) groups excluding carboxylic acids is 1. The van der Waals surface area contributed by atoms with Gasteiger partial charge >= 0.3 is 0 Å². The number of aryl methyl sites for hydroxylation is 2. The van der Waals surface area contributed by atoms with Crippen LogP contribution in [0.25, 0.3) is 0 Å². The van der Waals surface area contributed by atoms with Gasteiger partial charge in [-0.15, -0.1) is 0 Å². The summed E-state index contributed by atoms with van der Waals surface area (Å²) in [4.78, 5) is 16.5. The largest absolute Gasteiger partial charge is 0.484 e. The maximum absolute atomic E-state index is 12.8. The molecule has 1 aromatic rings. The number of aliphatic hydroxyl groups is 2. The van der Waals surface area contributed by atoms with Crippen LogP contribution in [0.3, 0.4) is 0 Å². The van der Waals surface area contributed by atoms with E-state index in [2.05, 4.69) is 4.90 Å². The molecule has 2 N–H and O–H groups in total. The van der Waals surface area contributed by atoms with Crippen LogP contribution in [-0.2, 0) is 9.53 Å². The summed E-state index contributed by atoms with van der Waals surface area (Å²) >= 11 is 6.18. The molecular weight excluding hydrogens is 384 g/mol. The molecule has 8 heteroatoms. The molecule has 3 rings (SSSR count). The molecule has 2 aliphatic heterocycles. The normalized spacial score (nSPS) is 26.8. The minimum atomic E-state index is -0.890. The molecule has 7 nitrogen and oxygen atoms in total. The van der Waals surface area contributed by atoms with Gasteiger partial charge in [0.25, 0.3) is 5.91 Å². The molecule has 2 aliphatic rings. The fraction of sp³-hybridized carbons (Fsp3) is 0.650. The summed E-state index contributed by atoms with van der Waals surface area (Å²) in [6.45, 7) is 6.98. The lowest BCUT2D eigenvalue weighted by atomic mass is 10.0. The standard InChI is InChI=1S/C20H29ClN2O5/c1-13-9-15(10-14(2)19(13)21)28-12-18(25)23-4-3-17(24)20(26)16(11-23)22-5-7-27-8-6-22/h9-10,16-17,20,24,26H,3-8,11-12H2,1-2H3/t16-,17-,20+/m1/s1. The van der Waals surface area contributed by atoms with Gasteiger partial charge < -0.3 is 24.6 Å². The second-order valence-corrected chi connectivity index (χ2v) is 7.94. The number of hydrogen-bond donors (Lipinski definition) is 2. The minimum absolute atomic E-state index is 0.0947. The summed E-state index contributed by atoms with van der Waals surface area (Å²) in [5.41, 5.74) is 1.80. The van der Waals surface area contributed by atoms with Crippen LogP contribution in [0.4, 0.5) is 0 Å². The molecule has 2 fully saturated rings. The van der Waals surface area contributed by atoms with Crippen molar-refractivity contribution in [1.82, 2.24) is 9.80 Å². The zero-order valence-corrected chi connectivity index (χ0v) is 17.2. The van der Waals surface area contributed by atoms with Crippen molar-refractivity contribution in [3.05, 3.63) is 28.3 Å². The van der Waals surface area contributed by atoms with Crippen LogP contribution in [0.5, 0.6) is 5.75 Å². The Morgan fingerprint density at radius 1 is 1.21 bits per heavy atom. The lowest BCUT2D eigenvalue weighted by molar-refractivity contribution is -0.134. The Bertz CT molecular complexity index is 672. The highest BCUT2D eigenvalue weighted by atomic mass is 35.5. The zero-order valence-electron chi connectivity index (χ0n) is 16.4. The van der Waals surface area contributed by atoms with Crippen molar-refractivity contribution in [3.63, 3.8) is 0 Å². The molecule has 28 heavy (non-hydrogen) atoms. The second-order valence-electron chi connectivity index (χ2n) is 7.56. The first kappa shape index (κ1) is 21.3. The number of hydrogen-bond acceptors (Lipinski definition) is 6. The molecule has 2 heterocycles. The van der Waals surface area contributed by atoms with E-state index in [0.29, 0.717) is 56.6 Å². The molecule has 0 saturated carbocycles. The predicted octanol–water partition coefficient (Wildman–Crippen LogP) is 0.991. The fourth-order valence-corrected chi connectivity index (χ4v) is 3.94. The van der Waals surface area contributed by atoms with Crippen LogP contribution in [0.2, 0.25) is 5.02 Å². The summed E-state index contributed by atoms with van der Waals surface area (Å²) < 4.78 is 11.1. The Morgan fingerprint density at radius 2 is 1.86 bits per heavy atom. The van der Waals surface area contributed by atoms with E-state index in [1.54, 1.807) is 4.90 Å². The summed E-state index contributed by atoms with van der Waals surface area (Å²) in [5.74, 6) is 0.442. The van der Waals surface area contributed by atoms with Crippen LogP contribution in [-0.4, -0.2) is 90.2 Å². The van der Waals surface area contributed by atoms with Gasteiger partial charge in [-0.2, -0.15) is 0 Å². The van der Waals surface area contributed by atoms with E-state index in [9.17, 15) is 15.0 Å². The van der Waals surface area contributed by atoms with Crippen molar-refractivity contribution >= 4 is 17.5 Å². The maximum Gasteiger partial charge on any atom is 0.260 e. The van der Waals surface area contributed by atoms with E-state index in [-0.39, 0.29) is 18.6 Å². The van der Waals surface area contributed by atoms with Crippen molar-refractivity contribution < 1.29 is 24.5 Å². The molecule has 2 saturated heterocycles. The Hall–Kier alpha value is -1.38. The van der Waals surface area contributed by atoms with E-state index in [1.165, 1.54) is 0 Å². The number of nitrogens with zero attached hydrogens (tertiary/aromatic N) is 2. The van der Waals surface area contributed by atoms with E-state index < -0.39 is 12.2 Å². The number of benzene rings is 1. The number of likely N-dealkylation sites (tertiary alicyclic amines) is 1. The first-order chi connectivity index (χ1) is 13.4. The molecule has 0 spiro atoms. The molecular formula is C20H29ClN2O5. The van der Waals surface area contributed by atoms with Gasteiger partial charge in [-0.3, -0.25) is 9.69 Å². The fourth-order valence-electron chi connectivity index (χ4n) is 3.83. The van der Waals surface area contributed by atoms with Crippen LogP contribution >= 0.6 is 11.6 Å². The molecule has 0 radical (unpaired) electrons. The average molecular weight is 413 g/mol. The highest BCUT2D eigenvalue weighted by Gasteiger charge is 2.37. The Balaban J connectivity index is 1.65. The van der Waals surface area contributed by atoms with Gasteiger partial charge in [0, 0.05) is 31.2 Å². The van der Waals surface area contributed by atoms with Crippen LogP contribution in [0.15, 0.2) is 12.1 Å². The third kappa shape index (κ3) is 4.96. The molecule has 0 aromatic heterocycles. The molecule has 156 valence electrons. The monoisotopic (exact) mass is 412 g/mol. The third-order valence-electron chi connectivity index (χ3n) is 5.53. The van der Waals surface area contributed by atoms with Crippen molar-refractivity contribution in [2.75, 3.05) is 46.0 Å². The van der Waals surface area contributed by atoms with Gasteiger partial charge in [0.05, 0.1) is 31.5 Å². The van der Waals surface area contributed by atoms with Gasteiger partial charge in [0.15, 0.2) is 6.61 Å². The van der Waals surface area contributed by atoms with Crippen LogP contribution in [0, 0.1) is 13.8 Å². The topological polar surface area (TPSA) is 82.5 Å². The molecule has 3 atom stereocenters. The molecule has 1 amide bonds. The van der Waals surface area contributed by atoms with E-state index in [1.807, 2.05) is 26.0 Å². The SMILES string of the molecule is Cc1cc(OCC(=O)N2CC[C@@H](O)[C@@H](O)[C@H](N3CCOCC3)C2)cc(C)c1Cl. The first-order valence-corrected chi connectivity index (χ1v) is 10.1. The molecule has 0 unspecified atom stereocenters. The van der Waals surface area contributed by atoms with E-state index in [0.717, 1.165) is 11.1 Å². The second kappa shape index (κ2) is 9.41. The number of rotatable bonds is 4. The van der Waals surface area contributed by atoms with Gasteiger partial charge in [-0.25, -0.2) is 0 Å². The highest BCUT2D eigenvalue weighted by molar-refractivity contribution is 6.32. The number of morpholine rings is 1. The number of halogens is 1. The Morgan fingerprint density at radius 3 is 2.50 bits per heavy atom. The number of carbonyl (C=O) groups is 1. The first-order valence-electron chi connectivity index (χ1n) is 9.72. The smallest absolute Gasteiger partial charge is 0.260 e. The van der Waals surface area contributed by atoms with E-state index in [4.69, 9.17) is 21.1 Å². The maximum atomic E-state index is 12.8. The summed E-state index contributed by atoms with van der Waals surface area (Å²) in [5, 5.41) is 21.5. The highest BCUT2D eigenvalue weighted by Crippen LogP contribution is 2.26. The molecule has 0 bridgehead atoms. The van der Waals surface area contributed by atoms with Gasteiger partial charge in [-0.1, -0.05) is 11.6 Å². The number of amides is 1. The molecule has 1 aromatic carbocycles. The number of ether oxygens (including phenoxy) is 2. The van der Waals surface area contributed by atoms with Crippen molar-refractivity contribution in [2.24, 2.45) is 0 Å². The van der Waals surface area contributed by atoms with Crippen molar-refractivity contribution in [2.45, 2.75) is 38.5 Å². The zero-order chi connectivity index (χ0) is 20.3. The van der Waals surface area contributed by atoms with Gasteiger partial charge in [0.1, 0.15) is 5.75 Å². The quantitative estimate of drug-likeness (QED) is 0.767. The average Bonchev–Trinajstić information content (AvgIpc) is 2.84. The lowest BCUT2D eigenvalue weighted by Gasteiger charge is -2.38. The molecule has 0 aliphatic carbocycles. The van der Waals surface area contributed by atoms with Crippen LogP contribution in [0.1, 0.15) is 17.5 Å². The third-order valence-corrected chi connectivity index (χ3v) is 6.13. The Labute approximate surface area is 170 Å². The Kier molecular flexibility index (Phi) is 7.17. The van der Waals surface area contributed by atoms with Crippen molar-refractivity contribution in [1.29, 1.82) is 0 Å². The summed E-state index contributed by atoms with van der Waals surface area (Å²) in [6, 6.07) is 3.31. The summed E-state index contributed by atoms with van der Waals surface area (Å²) in [6.07, 6.45) is -1.40. The minimum Gasteiger partial charge on any atom is -0.484 e.